The molecule has 0 saturated carbocycles. The van der Waals surface area contributed by atoms with Crippen molar-refractivity contribution in [1.82, 2.24) is 0 Å². The van der Waals surface area contributed by atoms with Gasteiger partial charge in [-0.3, -0.25) is 0 Å². The molecule has 0 bridgehead atoms. The Kier molecular flexibility index (Phi) is 3.51. The fourth-order valence-electron chi connectivity index (χ4n) is 1.92. The lowest BCUT2D eigenvalue weighted by molar-refractivity contribution is -0.143. The summed E-state index contributed by atoms with van der Waals surface area (Å²) in [5.41, 5.74) is 9.18. The summed E-state index contributed by atoms with van der Waals surface area (Å²) in [4.78, 5) is 13.9. The second kappa shape index (κ2) is 5.25. The minimum absolute atomic E-state index is 0.401. The van der Waals surface area contributed by atoms with Gasteiger partial charge in [0, 0.05) is 0 Å². The van der Waals surface area contributed by atoms with Gasteiger partial charge in [-0.2, -0.15) is 4.79 Å². The predicted molar refractivity (Wildman–Crippen MR) is 68.1 cm³/mol. The van der Waals surface area contributed by atoms with Gasteiger partial charge in [0.05, 0.1) is 0 Å². The largest absolute Gasteiger partial charge is 0.449 e. The maximum Gasteiger partial charge on any atom is 0.414 e. The van der Waals surface area contributed by atoms with Gasteiger partial charge >= 0.3 is 12.2 Å². The van der Waals surface area contributed by atoms with Crippen molar-refractivity contribution in [3.8, 4) is 0 Å². The highest BCUT2D eigenvalue weighted by Crippen LogP contribution is 2.26. The summed E-state index contributed by atoms with van der Waals surface area (Å²) in [6, 6.07) is 13.7. The number of nitrogens with zero attached hydrogens (tertiary/aromatic N) is 2. The zero-order valence-electron chi connectivity index (χ0n) is 9.91. The molecule has 0 fully saturated rings. The predicted octanol–water partition coefficient (Wildman–Crippen LogP) is 2.74. The van der Waals surface area contributed by atoms with E-state index in [4.69, 9.17) is 10.3 Å². The molecule has 2 aromatic carbocycles. The molecule has 4 heteroatoms. The van der Waals surface area contributed by atoms with E-state index in [-0.39, 0.29) is 0 Å². The van der Waals surface area contributed by atoms with E-state index in [0.29, 0.717) is 0 Å². The molecule has 1 atom stereocenters. The summed E-state index contributed by atoms with van der Waals surface area (Å²) >= 11 is 0. The molecule has 0 heterocycles. The van der Waals surface area contributed by atoms with Crippen LogP contribution in [0.5, 0.6) is 0 Å². The van der Waals surface area contributed by atoms with E-state index in [2.05, 4.69) is 4.79 Å². The summed E-state index contributed by atoms with van der Waals surface area (Å²) in [6.45, 7) is 1.78. The van der Waals surface area contributed by atoms with Crippen LogP contribution < -0.4 is 0 Å². The highest BCUT2D eigenvalue weighted by molar-refractivity contribution is 6.20. The van der Waals surface area contributed by atoms with Gasteiger partial charge in [-0.1, -0.05) is 42.5 Å². The zero-order chi connectivity index (χ0) is 13.0. The minimum atomic E-state index is -0.669. The molecule has 0 amide bonds. The standard InChI is InChI=1S/C14H12N2O2/c1-10(18-14(17)9-16-15)12-8-4-6-11-5-2-3-7-13(11)12/h2-10H,1H3. The van der Waals surface area contributed by atoms with E-state index in [1.54, 1.807) is 6.92 Å². The Morgan fingerprint density at radius 3 is 2.78 bits per heavy atom. The molecule has 0 aliphatic rings. The van der Waals surface area contributed by atoms with Crippen molar-refractivity contribution in [2.45, 2.75) is 13.0 Å². The Balaban J connectivity index is 2.35. The molecule has 1 unspecified atom stereocenters. The van der Waals surface area contributed by atoms with E-state index in [1.807, 2.05) is 42.5 Å². The van der Waals surface area contributed by atoms with Crippen molar-refractivity contribution in [3.05, 3.63) is 53.6 Å². The van der Waals surface area contributed by atoms with Crippen LogP contribution in [0.25, 0.3) is 16.3 Å². The van der Waals surface area contributed by atoms with Crippen molar-refractivity contribution in [2.24, 2.45) is 0 Å². The highest BCUT2D eigenvalue weighted by Gasteiger charge is 2.14. The van der Waals surface area contributed by atoms with E-state index in [9.17, 15) is 4.79 Å². The maximum atomic E-state index is 11.2. The summed E-state index contributed by atoms with van der Waals surface area (Å²) in [7, 11) is 0. The van der Waals surface area contributed by atoms with Crippen LogP contribution in [0.1, 0.15) is 18.6 Å². The first kappa shape index (κ1) is 12.0. The lowest BCUT2D eigenvalue weighted by Crippen LogP contribution is -2.10. The van der Waals surface area contributed by atoms with Crippen molar-refractivity contribution in [3.63, 3.8) is 0 Å². The van der Waals surface area contributed by atoms with Gasteiger partial charge in [0.15, 0.2) is 0 Å². The third-order valence-corrected chi connectivity index (χ3v) is 2.72. The molecule has 0 aliphatic carbocycles. The number of hydrogen-bond acceptors (Lipinski definition) is 2. The molecular formula is C14H12N2O2. The first-order valence-electron chi connectivity index (χ1n) is 5.58. The summed E-state index contributed by atoms with van der Waals surface area (Å²) < 4.78 is 5.14. The summed E-state index contributed by atoms with van der Waals surface area (Å²) in [6.07, 6.45) is 0.336. The number of benzene rings is 2. The number of fused-ring (bicyclic) bond motifs is 1. The van der Waals surface area contributed by atoms with Crippen LogP contribution in [0, 0.1) is 0 Å². The first-order chi connectivity index (χ1) is 8.72. The molecule has 0 spiro atoms. The molecule has 4 nitrogen and oxygen atoms in total. The van der Waals surface area contributed by atoms with Gasteiger partial charge in [0.1, 0.15) is 6.10 Å². The quantitative estimate of drug-likeness (QED) is 0.358. The van der Waals surface area contributed by atoms with E-state index >= 15 is 0 Å². The Morgan fingerprint density at radius 1 is 1.28 bits per heavy atom. The Morgan fingerprint density at radius 2 is 2.00 bits per heavy atom. The van der Waals surface area contributed by atoms with Gasteiger partial charge in [-0.15, -0.1) is 0 Å². The summed E-state index contributed by atoms with van der Waals surface area (Å²) in [5.74, 6) is -0.669. The Labute approximate surface area is 104 Å². The molecule has 0 N–H and O–H groups in total. The lowest BCUT2D eigenvalue weighted by Gasteiger charge is -2.13. The number of rotatable bonds is 3. The molecule has 2 rings (SSSR count). The monoisotopic (exact) mass is 240 g/mol. The molecule has 0 saturated heterocycles. The average Bonchev–Trinajstić information content (AvgIpc) is 2.38. The molecule has 0 aromatic heterocycles. The fraction of sp³-hybridized carbons (Fsp3) is 0.143. The lowest BCUT2D eigenvalue weighted by atomic mass is 10.0. The summed E-state index contributed by atoms with van der Waals surface area (Å²) in [5, 5.41) is 2.13. The molecule has 18 heavy (non-hydrogen) atoms. The molecule has 2 aromatic rings. The van der Waals surface area contributed by atoms with Gasteiger partial charge in [-0.25, -0.2) is 4.79 Å². The second-order valence-electron chi connectivity index (χ2n) is 3.89. The van der Waals surface area contributed by atoms with Crippen LogP contribution >= 0.6 is 0 Å². The second-order valence-corrected chi connectivity index (χ2v) is 3.89. The van der Waals surface area contributed by atoms with Crippen molar-refractivity contribution >= 4 is 23.0 Å². The number of carbonyl (C=O) groups is 1. The molecular weight excluding hydrogens is 228 g/mol. The van der Waals surface area contributed by atoms with Crippen molar-refractivity contribution in [1.29, 1.82) is 0 Å². The van der Waals surface area contributed by atoms with E-state index < -0.39 is 12.1 Å². The van der Waals surface area contributed by atoms with E-state index in [1.165, 1.54) is 0 Å². The number of hydrogen-bond donors (Lipinski definition) is 0. The van der Waals surface area contributed by atoms with Crippen LogP contribution in [0.2, 0.25) is 0 Å². The van der Waals surface area contributed by atoms with Crippen LogP contribution in [0.15, 0.2) is 42.5 Å². The van der Waals surface area contributed by atoms with Crippen molar-refractivity contribution in [2.75, 3.05) is 0 Å². The zero-order valence-corrected chi connectivity index (χ0v) is 9.91. The van der Waals surface area contributed by atoms with Crippen molar-refractivity contribution < 1.29 is 14.3 Å². The normalized spacial score (nSPS) is 11.6. The third kappa shape index (κ3) is 2.44. The number of esters is 1. The minimum Gasteiger partial charge on any atom is -0.449 e. The SMILES string of the molecule is CC(OC(=O)C=[N+]=[N-])c1cccc2ccccc12. The van der Waals surface area contributed by atoms with Crippen LogP contribution in [0.3, 0.4) is 0 Å². The van der Waals surface area contributed by atoms with Crippen LogP contribution in [-0.4, -0.2) is 17.0 Å². The first-order valence-corrected chi connectivity index (χ1v) is 5.58. The average molecular weight is 240 g/mol. The smallest absolute Gasteiger partial charge is 0.414 e. The third-order valence-electron chi connectivity index (χ3n) is 2.72. The number of ether oxygens (including phenoxy) is 1. The molecule has 0 radical (unpaired) electrons. The van der Waals surface area contributed by atoms with Gasteiger partial charge in [-0.05, 0) is 23.3 Å². The van der Waals surface area contributed by atoms with Crippen LogP contribution in [-0.2, 0) is 9.53 Å². The van der Waals surface area contributed by atoms with Gasteiger partial charge in [0.2, 0.25) is 0 Å². The van der Waals surface area contributed by atoms with Gasteiger partial charge in [0.25, 0.3) is 0 Å². The topological polar surface area (TPSA) is 62.7 Å². The van der Waals surface area contributed by atoms with Gasteiger partial charge < -0.3 is 10.3 Å². The highest BCUT2D eigenvalue weighted by atomic mass is 16.5. The fourth-order valence-corrected chi connectivity index (χ4v) is 1.92. The maximum absolute atomic E-state index is 11.2. The molecule has 90 valence electrons. The Hall–Kier alpha value is -2.45. The Bertz CT molecular complexity index is 625. The van der Waals surface area contributed by atoms with Crippen LogP contribution in [0.4, 0.5) is 0 Å². The number of carbonyl (C=O) groups excluding carboxylic acids is 1. The molecule has 0 aliphatic heterocycles. The van der Waals surface area contributed by atoms with E-state index in [0.717, 1.165) is 22.6 Å².